The van der Waals surface area contributed by atoms with Crippen molar-refractivity contribution >= 4 is 22.9 Å². The second kappa shape index (κ2) is 4.61. The van der Waals surface area contributed by atoms with Gasteiger partial charge < -0.3 is 19.9 Å². The lowest BCUT2D eigenvalue weighted by atomic mass is 9.97. The second-order valence-corrected chi connectivity index (χ2v) is 5.67. The van der Waals surface area contributed by atoms with Crippen LogP contribution in [0.3, 0.4) is 0 Å². The van der Waals surface area contributed by atoms with Crippen LogP contribution in [-0.4, -0.2) is 56.2 Å². The molecule has 2 aromatic heterocycles. The lowest BCUT2D eigenvalue weighted by molar-refractivity contribution is 0.105. The molecular weight excluding hydrogens is 270 g/mol. The van der Waals surface area contributed by atoms with E-state index in [-0.39, 0.29) is 12.1 Å². The molecule has 2 atom stereocenters. The van der Waals surface area contributed by atoms with Crippen LogP contribution in [0.25, 0.3) is 11.0 Å². The first-order valence-corrected chi connectivity index (χ1v) is 7.30. The molecule has 2 fully saturated rings. The largest absolute Gasteiger partial charge is 0.465 e. The number of likely N-dealkylation sites (tertiary alicyclic amines) is 1. The number of aromatic amines is 1. The van der Waals surface area contributed by atoms with Crippen LogP contribution < -0.4 is 4.90 Å². The van der Waals surface area contributed by atoms with Gasteiger partial charge in [-0.1, -0.05) is 0 Å². The van der Waals surface area contributed by atoms with Crippen LogP contribution >= 0.6 is 0 Å². The van der Waals surface area contributed by atoms with Gasteiger partial charge in [-0.2, -0.15) is 0 Å². The van der Waals surface area contributed by atoms with Gasteiger partial charge in [0.25, 0.3) is 0 Å². The molecule has 7 heteroatoms. The van der Waals surface area contributed by atoms with E-state index in [2.05, 4.69) is 19.9 Å². The summed E-state index contributed by atoms with van der Waals surface area (Å²) in [6.07, 6.45) is 5.42. The molecule has 0 aromatic carbocycles. The molecule has 0 radical (unpaired) electrons. The Morgan fingerprint density at radius 2 is 2.19 bits per heavy atom. The lowest BCUT2D eigenvalue weighted by Crippen LogP contribution is -2.51. The molecule has 21 heavy (non-hydrogen) atoms. The first-order valence-electron chi connectivity index (χ1n) is 7.30. The number of anilines is 1. The number of piperidine rings is 1. The molecule has 2 saturated heterocycles. The van der Waals surface area contributed by atoms with Crippen molar-refractivity contribution < 1.29 is 9.90 Å². The molecule has 4 rings (SSSR count). The number of fused-ring (bicyclic) bond motifs is 2. The van der Waals surface area contributed by atoms with Crippen molar-refractivity contribution in [2.45, 2.75) is 31.3 Å². The van der Waals surface area contributed by atoms with Crippen molar-refractivity contribution in [2.75, 3.05) is 18.0 Å². The predicted molar refractivity (Wildman–Crippen MR) is 77.4 cm³/mol. The SMILES string of the molecule is O=C(O)N1CCC[C@H]2[C@@H]1CCN2c1ncnc2[nH]ccc12. The van der Waals surface area contributed by atoms with Crippen molar-refractivity contribution in [3.05, 3.63) is 18.6 Å². The monoisotopic (exact) mass is 287 g/mol. The minimum Gasteiger partial charge on any atom is -0.465 e. The maximum Gasteiger partial charge on any atom is 0.407 e. The Morgan fingerprint density at radius 1 is 1.29 bits per heavy atom. The van der Waals surface area contributed by atoms with Gasteiger partial charge in [0.15, 0.2) is 0 Å². The summed E-state index contributed by atoms with van der Waals surface area (Å²) in [6, 6.07) is 2.29. The third-order valence-corrected chi connectivity index (χ3v) is 4.66. The Balaban J connectivity index is 1.71. The molecular formula is C14H17N5O2. The van der Waals surface area contributed by atoms with Crippen molar-refractivity contribution in [2.24, 2.45) is 0 Å². The summed E-state index contributed by atoms with van der Waals surface area (Å²) in [6.45, 7) is 1.49. The zero-order chi connectivity index (χ0) is 14.4. The van der Waals surface area contributed by atoms with E-state index in [0.29, 0.717) is 6.54 Å². The van der Waals surface area contributed by atoms with Gasteiger partial charge in [0, 0.05) is 19.3 Å². The van der Waals surface area contributed by atoms with Gasteiger partial charge in [-0.3, -0.25) is 0 Å². The first kappa shape index (κ1) is 12.4. The van der Waals surface area contributed by atoms with Gasteiger partial charge in [-0.25, -0.2) is 14.8 Å². The summed E-state index contributed by atoms with van der Waals surface area (Å²) in [5.41, 5.74) is 0.828. The molecule has 0 bridgehead atoms. The summed E-state index contributed by atoms with van der Waals surface area (Å²) in [4.78, 5) is 27.0. The molecule has 2 aliphatic heterocycles. The maximum atomic E-state index is 11.4. The van der Waals surface area contributed by atoms with Crippen LogP contribution in [-0.2, 0) is 0 Å². The van der Waals surface area contributed by atoms with Crippen LogP contribution in [0.1, 0.15) is 19.3 Å². The first-order chi connectivity index (χ1) is 10.3. The minimum atomic E-state index is -0.805. The highest BCUT2D eigenvalue weighted by Gasteiger charge is 2.42. The predicted octanol–water partition coefficient (Wildman–Crippen LogP) is 1.68. The number of hydrogen-bond acceptors (Lipinski definition) is 4. The number of hydrogen-bond donors (Lipinski definition) is 2. The van der Waals surface area contributed by atoms with E-state index in [1.54, 1.807) is 11.2 Å². The van der Waals surface area contributed by atoms with E-state index < -0.39 is 6.09 Å². The molecule has 0 saturated carbocycles. The average Bonchev–Trinajstić information content (AvgIpc) is 3.12. The number of carbonyl (C=O) groups is 1. The van der Waals surface area contributed by atoms with Crippen molar-refractivity contribution in [3.8, 4) is 0 Å². The highest BCUT2D eigenvalue weighted by Crippen LogP contribution is 2.35. The van der Waals surface area contributed by atoms with E-state index >= 15 is 0 Å². The molecule has 110 valence electrons. The van der Waals surface area contributed by atoms with Crippen molar-refractivity contribution in [1.82, 2.24) is 19.9 Å². The maximum absolute atomic E-state index is 11.4. The fraction of sp³-hybridized carbons (Fsp3) is 0.500. The number of H-pyrrole nitrogens is 1. The Bertz CT molecular complexity index is 685. The van der Waals surface area contributed by atoms with Crippen molar-refractivity contribution in [3.63, 3.8) is 0 Å². The van der Waals surface area contributed by atoms with Crippen LogP contribution in [0.2, 0.25) is 0 Å². The summed E-state index contributed by atoms with van der Waals surface area (Å²) in [5.74, 6) is 0.918. The normalized spacial score (nSPS) is 25.3. The quantitative estimate of drug-likeness (QED) is 0.833. The molecule has 1 amide bonds. The number of rotatable bonds is 1. The Kier molecular flexibility index (Phi) is 2.73. The van der Waals surface area contributed by atoms with Crippen LogP contribution in [0.5, 0.6) is 0 Å². The zero-order valence-electron chi connectivity index (χ0n) is 11.6. The number of nitrogens with zero attached hydrogens (tertiary/aromatic N) is 4. The number of nitrogens with one attached hydrogen (secondary N) is 1. The summed E-state index contributed by atoms with van der Waals surface area (Å²) in [7, 11) is 0. The number of amides is 1. The second-order valence-electron chi connectivity index (χ2n) is 5.67. The summed E-state index contributed by atoms with van der Waals surface area (Å²) in [5, 5.41) is 10.4. The third-order valence-electron chi connectivity index (χ3n) is 4.66. The summed E-state index contributed by atoms with van der Waals surface area (Å²) >= 11 is 0. The van der Waals surface area contributed by atoms with Gasteiger partial charge >= 0.3 is 6.09 Å². The highest BCUT2D eigenvalue weighted by atomic mass is 16.4. The van der Waals surface area contributed by atoms with Crippen LogP contribution in [0, 0.1) is 0 Å². The standard InChI is InChI=1S/C14H17N5O2/c20-14(21)19-6-1-2-10-11(19)4-7-18(10)13-9-3-5-15-12(9)16-8-17-13/h3,5,8,10-11H,1-2,4,6-7H2,(H,20,21)(H,15,16,17)/t10-,11-/m0/s1. The Labute approximate surface area is 121 Å². The Hall–Kier alpha value is -2.31. The van der Waals surface area contributed by atoms with Gasteiger partial charge in [-0.05, 0) is 25.3 Å². The van der Waals surface area contributed by atoms with E-state index in [0.717, 1.165) is 42.7 Å². The lowest BCUT2D eigenvalue weighted by Gasteiger charge is -2.38. The van der Waals surface area contributed by atoms with Crippen LogP contribution in [0.4, 0.5) is 10.6 Å². The number of carboxylic acid groups (broad SMARTS) is 1. The van der Waals surface area contributed by atoms with Gasteiger partial charge in [0.1, 0.15) is 17.8 Å². The molecule has 7 nitrogen and oxygen atoms in total. The van der Waals surface area contributed by atoms with E-state index in [4.69, 9.17) is 0 Å². The van der Waals surface area contributed by atoms with E-state index in [1.165, 1.54) is 0 Å². The van der Waals surface area contributed by atoms with E-state index in [9.17, 15) is 9.90 Å². The molecule has 2 aliphatic rings. The third kappa shape index (κ3) is 1.84. The molecule has 4 heterocycles. The molecule has 0 unspecified atom stereocenters. The molecule has 2 aromatic rings. The van der Waals surface area contributed by atoms with Crippen molar-refractivity contribution in [1.29, 1.82) is 0 Å². The summed E-state index contributed by atoms with van der Waals surface area (Å²) < 4.78 is 0. The zero-order valence-corrected chi connectivity index (χ0v) is 11.6. The average molecular weight is 287 g/mol. The van der Waals surface area contributed by atoms with Gasteiger partial charge in [0.05, 0.1) is 17.5 Å². The molecule has 0 spiro atoms. The molecule has 2 N–H and O–H groups in total. The highest BCUT2D eigenvalue weighted by molar-refractivity contribution is 5.87. The number of aromatic nitrogens is 3. The minimum absolute atomic E-state index is 0.0835. The topological polar surface area (TPSA) is 85.3 Å². The van der Waals surface area contributed by atoms with Crippen LogP contribution in [0.15, 0.2) is 18.6 Å². The van der Waals surface area contributed by atoms with Gasteiger partial charge in [-0.15, -0.1) is 0 Å². The fourth-order valence-corrected chi connectivity index (χ4v) is 3.77. The van der Waals surface area contributed by atoms with Gasteiger partial charge in [0.2, 0.25) is 0 Å². The fourth-order valence-electron chi connectivity index (χ4n) is 3.77. The smallest absolute Gasteiger partial charge is 0.407 e. The Morgan fingerprint density at radius 3 is 3.05 bits per heavy atom. The van der Waals surface area contributed by atoms with E-state index in [1.807, 2.05) is 12.3 Å². The molecule has 0 aliphatic carbocycles.